The van der Waals surface area contributed by atoms with Crippen LogP contribution in [0, 0.1) is 0 Å². The Balaban J connectivity index is 1.60. The van der Waals surface area contributed by atoms with E-state index in [0.717, 1.165) is 6.08 Å². The second kappa shape index (κ2) is 9.14. The van der Waals surface area contributed by atoms with Crippen LogP contribution in [0.5, 0.6) is 17.2 Å². The van der Waals surface area contributed by atoms with Crippen molar-refractivity contribution >= 4 is 17.9 Å². The van der Waals surface area contributed by atoms with Crippen molar-refractivity contribution < 1.29 is 28.6 Å². The number of carbonyl (C=O) groups is 3. The number of ether oxygens (including phenoxy) is 3. The van der Waals surface area contributed by atoms with Crippen LogP contribution in [-0.4, -0.2) is 17.9 Å². The summed E-state index contributed by atoms with van der Waals surface area (Å²) >= 11 is 0. The van der Waals surface area contributed by atoms with Gasteiger partial charge in [0.1, 0.15) is 17.2 Å². The average Bonchev–Trinajstić information content (AvgIpc) is 2.75. The minimum Gasteiger partial charge on any atom is -0.423 e. The van der Waals surface area contributed by atoms with E-state index in [0.29, 0.717) is 11.3 Å². The van der Waals surface area contributed by atoms with E-state index in [1.165, 1.54) is 48.5 Å². The van der Waals surface area contributed by atoms with Crippen LogP contribution in [0.2, 0.25) is 0 Å². The predicted octanol–water partition coefficient (Wildman–Crippen LogP) is 4.22. The number of esters is 3. The van der Waals surface area contributed by atoms with Gasteiger partial charge in [-0.15, -0.1) is 0 Å². The van der Waals surface area contributed by atoms with Crippen molar-refractivity contribution in [1.29, 1.82) is 0 Å². The van der Waals surface area contributed by atoms with Crippen molar-refractivity contribution in [2.75, 3.05) is 0 Å². The smallest absolute Gasteiger partial charge is 0.343 e. The van der Waals surface area contributed by atoms with Crippen molar-refractivity contribution in [3.05, 3.63) is 103 Å². The minimum atomic E-state index is -0.591. The van der Waals surface area contributed by atoms with Crippen LogP contribution in [0.3, 0.4) is 0 Å². The quantitative estimate of drug-likeness (QED) is 0.357. The molecular formula is C23H16O6. The van der Waals surface area contributed by atoms with Gasteiger partial charge in [-0.05, 0) is 60.7 Å². The molecule has 0 atom stereocenters. The van der Waals surface area contributed by atoms with E-state index in [4.69, 9.17) is 14.2 Å². The average molecular weight is 388 g/mol. The molecule has 144 valence electrons. The number of hydrogen-bond acceptors (Lipinski definition) is 6. The monoisotopic (exact) mass is 388 g/mol. The van der Waals surface area contributed by atoms with Gasteiger partial charge in [-0.1, -0.05) is 24.8 Å². The first kappa shape index (κ1) is 19.6. The van der Waals surface area contributed by atoms with Gasteiger partial charge < -0.3 is 14.2 Å². The molecular weight excluding hydrogens is 372 g/mol. The lowest BCUT2D eigenvalue weighted by Gasteiger charge is -2.07. The molecule has 0 aliphatic carbocycles. The van der Waals surface area contributed by atoms with Crippen molar-refractivity contribution in [3.63, 3.8) is 0 Å². The summed E-state index contributed by atoms with van der Waals surface area (Å²) in [6, 6.07) is 20.6. The van der Waals surface area contributed by atoms with Gasteiger partial charge in [-0.25, -0.2) is 14.4 Å². The Morgan fingerprint density at radius 3 is 1.45 bits per heavy atom. The molecule has 6 heteroatoms. The fourth-order valence-corrected chi connectivity index (χ4v) is 2.30. The summed E-state index contributed by atoms with van der Waals surface area (Å²) in [6.45, 7) is 3.31. The Kier molecular flexibility index (Phi) is 6.17. The van der Waals surface area contributed by atoms with Gasteiger partial charge in [-0.2, -0.15) is 0 Å². The third kappa shape index (κ3) is 5.40. The molecule has 0 aliphatic rings. The van der Waals surface area contributed by atoms with E-state index >= 15 is 0 Å². The van der Waals surface area contributed by atoms with Gasteiger partial charge in [0, 0.05) is 6.08 Å². The number of rotatable bonds is 6. The Bertz CT molecular complexity index is 1020. The molecule has 0 spiro atoms. The molecule has 3 aromatic rings. The summed E-state index contributed by atoms with van der Waals surface area (Å²) in [5, 5.41) is 0. The van der Waals surface area contributed by atoms with Crippen LogP contribution in [0.1, 0.15) is 20.7 Å². The topological polar surface area (TPSA) is 78.9 Å². The minimum absolute atomic E-state index is 0.272. The Hall–Kier alpha value is -4.19. The first-order chi connectivity index (χ1) is 14.0. The Morgan fingerprint density at radius 1 is 0.586 bits per heavy atom. The first-order valence-corrected chi connectivity index (χ1v) is 8.59. The molecule has 0 bridgehead atoms. The lowest BCUT2D eigenvalue weighted by atomic mass is 10.2. The number of carbonyl (C=O) groups excluding carboxylic acids is 3. The fraction of sp³-hybridized carbons (Fsp3) is 0. The molecule has 0 saturated carbocycles. The van der Waals surface area contributed by atoms with E-state index < -0.39 is 17.9 Å². The van der Waals surface area contributed by atoms with Crippen LogP contribution in [-0.2, 0) is 4.79 Å². The Labute approximate surface area is 167 Å². The van der Waals surface area contributed by atoms with E-state index in [1.54, 1.807) is 24.3 Å². The van der Waals surface area contributed by atoms with E-state index in [1.807, 2.05) is 6.07 Å². The van der Waals surface area contributed by atoms with E-state index in [9.17, 15) is 14.4 Å². The van der Waals surface area contributed by atoms with E-state index in [-0.39, 0.29) is 17.1 Å². The summed E-state index contributed by atoms with van der Waals surface area (Å²) in [5.74, 6) is -0.701. The zero-order valence-electron chi connectivity index (χ0n) is 15.2. The number of para-hydroxylation sites is 1. The molecule has 3 rings (SSSR count). The second-order valence-electron chi connectivity index (χ2n) is 5.77. The summed E-state index contributed by atoms with van der Waals surface area (Å²) in [4.78, 5) is 35.5. The third-order valence-corrected chi connectivity index (χ3v) is 3.73. The van der Waals surface area contributed by atoms with Crippen LogP contribution >= 0.6 is 0 Å². The molecule has 0 N–H and O–H groups in total. The van der Waals surface area contributed by atoms with Gasteiger partial charge in [0.2, 0.25) is 0 Å². The summed E-state index contributed by atoms with van der Waals surface area (Å²) < 4.78 is 15.5. The highest BCUT2D eigenvalue weighted by atomic mass is 16.5. The molecule has 0 saturated heterocycles. The standard InChI is InChI=1S/C23H16O6/c1-2-21(24)27-19-12-8-16(9-13-19)23(26)29-20-14-10-17(11-15-20)22(25)28-18-6-4-3-5-7-18/h2-15H,1H2. The summed E-state index contributed by atoms with van der Waals surface area (Å²) in [7, 11) is 0. The van der Waals surface area contributed by atoms with Gasteiger partial charge in [0.15, 0.2) is 0 Å². The summed E-state index contributed by atoms with van der Waals surface area (Å²) in [6.07, 6.45) is 1.04. The fourth-order valence-electron chi connectivity index (χ4n) is 2.30. The summed E-state index contributed by atoms with van der Waals surface area (Å²) in [5.41, 5.74) is 0.595. The predicted molar refractivity (Wildman–Crippen MR) is 105 cm³/mol. The van der Waals surface area contributed by atoms with Crippen molar-refractivity contribution in [1.82, 2.24) is 0 Å². The van der Waals surface area contributed by atoms with Crippen LogP contribution in [0.4, 0.5) is 0 Å². The lowest BCUT2D eigenvalue weighted by Crippen LogP contribution is -2.10. The van der Waals surface area contributed by atoms with Gasteiger partial charge in [0.05, 0.1) is 11.1 Å². The zero-order chi connectivity index (χ0) is 20.6. The maximum atomic E-state index is 12.2. The van der Waals surface area contributed by atoms with Crippen molar-refractivity contribution in [3.8, 4) is 17.2 Å². The van der Waals surface area contributed by atoms with Crippen molar-refractivity contribution in [2.45, 2.75) is 0 Å². The molecule has 0 amide bonds. The molecule has 0 heterocycles. The first-order valence-electron chi connectivity index (χ1n) is 8.59. The largest absolute Gasteiger partial charge is 0.423 e. The lowest BCUT2D eigenvalue weighted by molar-refractivity contribution is -0.128. The van der Waals surface area contributed by atoms with Crippen LogP contribution < -0.4 is 14.2 Å². The maximum Gasteiger partial charge on any atom is 0.343 e. The molecule has 6 nitrogen and oxygen atoms in total. The SMILES string of the molecule is C=CC(=O)Oc1ccc(C(=O)Oc2ccc(C(=O)Oc3ccccc3)cc2)cc1. The Morgan fingerprint density at radius 2 is 1.00 bits per heavy atom. The molecule has 3 aromatic carbocycles. The highest BCUT2D eigenvalue weighted by molar-refractivity contribution is 5.93. The molecule has 29 heavy (non-hydrogen) atoms. The highest BCUT2D eigenvalue weighted by Gasteiger charge is 2.12. The molecule has 0 unspecified atom stereocenters. The van der Waals surface area contributed by atoms with E-state index in [2.05, 4.69) is 6.58 Å². The molecule has 0 fully saturated rings. The molecule has 0 radical (unpaired) electrons. The number of hydrogen-bond donors (Lipinski definition) is 0. The highest BCUT2D eigenvalue weighted by Crippen LogP contribution is 2.18. The third-order valence-electron chi connectivity index (χ3n) is 3.73. The normalized spacial score (nSPS) is 9.93. The maximum absolute atomic E-state index is 12.2. The van der Waals surface area contributed by atoms with Crippen molar-refractivity contribution in [2.24, 2.45) is 0 Å². The van der Waals surface area contributed by atoms with Crippen LogP contribution in [0.15, 0.2) is 91.5 Å². The van der Waals surface area contributed by atoms with Gasteiger partial charge in [-0.3, -0.25) is 0 Å². The molecule has 0 aliphatic heterocycles. The number of benzene rings is 3. The zero-order valence-corrected chi connectivity index (χ0v) is 15.2. The van der Waals surface area contributed by atoms with Gasteiger partial charge >= 0.3 is 17.9 Å². The molecule has 0 aromatic heterocycles. The second-order valence-corrected chi connectivity index (χ2v) is 5.77. The van der Waals surface area contributed by atoms with Crippen LogP contribution in [0.25, 0.3) is 0 Å². The van der Waals surface area contributed by atoms with Gasteiger partial charge in [0.25, 0.3) is 0 Å².